The molecule has 2 aromatic rings. The Bertz CT molecular complexity index is 812. The van der Waals surface area contributed by atoms with Gasteiger partial charge in [0, 0.05) is 5.39 Å². The van der Waals surface area contributed by atoms with Gasteiger partial charge in [-0.1, -0.05) is 64.9 Å². The number of benzene rings is 2. The molecule has 0 aliphatic heterocycles. The predicted molar refractivity (Wildman–Crippen MR) is 126 cm³/mol. The van der Waals surface area contributed by atoms with E-state index in [1.54, 1.807) is 0 Å². The summed E-state index contributed by atoms with van der Waals surface area (Å²) in [6.07, 6.45) is 11.2. The summed E-state index contributed by atoms with van der Waals surface area (Å²) in [5, 5.41) is 1.11. The Labute approximate surface area is 187 Å². The van der Waals surface area contributed by atoms with Crippen molar-refractivity contribution in [2.45, 2.75) is 78.1 Å². The van der Waals surface area contributed by atoms with E-state index < -0.39 is 11.6 Å². The molecule has 0 bridgehead atoms. The van der Waals surface area contributed by atoms with Crippen LogP contribution in [0.25, 0.3) is 10.8 Å². The lowest BCUT2D eigenvalue weighted by atomic mass is 9.78. The lowest BCUT2D eigenvalue weighted by molar-refractivity contribution is 0.251. The van der Waals surface area contributed by atoms with Crippen molar-refractivity contribution < 1.29 is 13.5 Å². The number of fused-ring (bicyclic) bond motifs is 1. The van der Waals surface area contributed by atoms with E-state index in [1.807, 2.05) is 18.2 Å². The third-order valence-corrected chi connectivity index (χ3v) is 7.47. The highest BCUT2D eigenvalue weighted by Crippen LogP contribution is 2.36. The summed E-state index contributed by atoms with van der Waals surface area (Å²) in [5.74, 6) is 0.759. The first-order valence-corrected chi connectivity index (χ1v) is 12.3. The van der Waals surface area contributed by atoms with Crippen LogP contribution in [-0.2, 0) is 6.42 Å². The Kier molecular flexibility index (Phi) is 8.57. The molecule has 1 saturated carbocycles. The van der Waals surface area contributed by atoms with Gasteiger partial charge < -0.3 is 4.74 Å². The van der Waals surface area contributed by atoms with Crippen LogP contribution in [0.4, 0.5) is 8.78 Å². The number of hydrogen-bond acceptors (Lipinski definition) is 1. The zero-order valence-electron chi connectivity index (χ0n) is 17.7. The minimum absolute atomic E-state index is 0.348. The topological polar surface area (TPSA) is 9.23 Å². The highest BCUT2D eigenvalue weighted by molar-refractivity contribution is 14.1. The molecule has 1 fully saturated rings. The van der Waals surface area contributed by atoms with Crippen molar-refractivity contribution in [1.29, 1.82) is 0 Å². The average Bonchev–Trinajstić information content (AvgIpc) is 2.72. The number of rotatable bonds is 9. The molecule has 3 rings (SSSR count). The van der Waals surface area contributed by atoms with Gasteiger partial charge in [-0.25, -0.2) is 8.78 Å². The maximum Gasteiger partial charge on any atom is 0.168 e. The van der Waals surface area contributed by atoms with Crippen molar-refractivity contribution in [1.82, 2.24) is 0 Å². The standard InChI is InChI=1S/C25H33F2IO/c1-3-5-15-29-21-14-13-19-16-20(23(26)24(27)22(19)25(21)28)12-11-18-9-7-17(6-4-2)8-10-18/h13-14,16-18H,3-12,15H2,1-2H3. The molecule has 0 atom stereocenters. The summed E-state index contributed by atoms with van der Waals surface area (Å²) in [6.45, 7) is 4.95. The monoisotopic (exact) mass is 514 g/mol. The van der Waals surface area contributed by atoms with Gasteiger partial charge in [-0.2, -0.15) is 0 Å². The van der Waals surface area contributed by atoms with Gasteiger partial charge in [-0.15, -0.1) is 0 Å². The average molecular weight is 514 g/mol. The van der Waals surface area contributed by atoms with Crippen molar-refractivity contribution in [3.05, 3.63) is 39.0 Å². The molecule has 1 aliphatic rings. The molecule has 160 valence electrons. The second-order valence-electron chi connectivity index (χ2n) is 8.56. The third kappa shape index (κ3) is 5.62. The summed E-state index contributed by atoms with van der Waals surface area (Å²) in [4.78, 5) is 0. The number of aryl methyl sites for hydroxylation is 1. The number of unbranched alkanes of at least 4 members (excludes halogenated alkanes) is 1. The maximum absolute atomic E-state index is 15.0. The molecule has 0 radical (unpaired) electrons. The Balaban J connectivity index is 1.71. The maximum atomic E-state index is 15.0. The Morgan fingerprint density at radius 3 is 2.31 bits per heavy atom. The normalized spacial score (nSPS) is 19.6. The Morgan fingerprint density at radius 2 is 1.66 bits per heavy atom. The van der Waals surface area contributed by atoms with E-state index in [-0.39, 0.29) is 0 Å². The van der Waals surface area contributed by atoms with Gasteiger partial charge in [0.2, 0.25) is 0 Å². The molecule has 29 heavy (non-hydrogen) atoms. The first-order chi connectivity index (χ1) is 14.0. The molecule has 0 N–H and O–H groups in total. The Morgan fingerprint density at radius 1 is 0.966 bits per heavy atom. The predicted octanol–water partition coefficient (Wildman–Crippen LogP) is 8.44. The van der Waals surface area contributed by atoms with E-state index in [0.717, 1.165) is 30.6 Å². The lowest BCUT2D eigenvalue weighted by Gasteiger charge is -2.28. The number of ether oxygens (including phenoxy) is 1. The minimum atomic E-state index is -0.727. The molecule has 0 aromatic heterocycles. The van der Waals surface area contributed by atoms with Crippen LogP contribution < -0.4 is 4.74 Å². The summed E-state index contributed by atoms with van der Waals surface area (Å²) in [5.41, 5.74) is 0.515. The molecular weight excluding hydrogens is 481 g/mol. The van der Waals surface area contributed by atoms with E-state index >= 15 is 0 Å². The number of hydrogen-bond donors (Lipinski definition) is 0. The molecule has 4 heteroatoms. The lowest BCUT2D eigenvalue weighted by Crippen LogP contribution is -2.15. The van der Waals surface area contributed by atoms with Gasteiger partial charge >= 0.3 is 0 Å². The minimum Gasteiger partial charge on any atom is -0.492 e. The molecule has 1 nitrogen and oxygen atoms in total. The van der Waals surface area contributed by atoms with Gasteiger partial charge in [0.25, 0.3) is 0 Å². The van der Waals surface area contributed by atoms with Crippen molar-refractivity contribution in [3.63, 3.8) is 0 Å². The molecule has 0 unspecified atom stereocenters. The molecule has 2 aromatic carbocycles. The van der Waals surface area contributed by atoms with Crippen LogP contribution in [0.5, 0.6) is 5.75 Å². The van der Waals surface area contributed by atoms with Crippen LogP contribution in [-0.4, -0.2) is 6.61 Å². The first-order valence-electron chi connectivity index (χ1n) is 11.3. The van der Waals surface area contributed by atoms with Crippen molar-refractivity contribution in [2.75, 3.05) is 6.61 Å². The van der Waals surface area contributed by atoms with Crippen LogP contribution in [0.3, 0.4) is 0 Å². The number of halogens is 3. The van der Waals surface area contributed by atoms with Gasteiger partial charge in [-0.3, -0.25) is 0 Å². The van der Waals surface area contributed by atoms with Gasteiger partial charge in [0.1, 0.15) is 5.75 Å². The molecule has 0 heterocycles. The molecule has 0 amide bonds. The fourth-order valence-corrected chi connectivity index (χ4v) is 5.50. The first kappa shape index (κ1) is 22.8. The molecular formula is C25H33F2IO. The third-order valence-electron chi connectivity index (χ3n) is 6.40. The van der Waals surface area contributed by atoms with E-state index in [2.05, 4.69) is 36.4 Å². The van der Waals surface area contributed by atoms with Gasteiger partial charge in [0.15, 0.2) is 11.6 Å². The van der Waals surface area contributed by atoms with Crippen molar-refractivity contribution >= 4 is 33.4 Å². The SMILES string of the molecule is CCCCOc1ccc2cc(CCC3CCC(CCC)CC3)c(F)c(F)c2c1I. The second kappa shape index (κ2) is 10.9. The quantitative estimate of drug-likeness (QED) is 0.241. The van der Waals surface area contributed by atoms with Crippen molar-refractivity contribution in [2.24, 2.45) is 11.8 Å². The van der Waals surface area contributed by atoms with Crippen LogP contribution in [0, 0.1) is 27.0 Å². The van der Waals surface area contributed by atoms with Crippen molar-refractivity contribution in [3.8, 4) is 5.75 Å². The fourth-order valence-electron chi connectivity index (χ4n) is 4.61. The zero-order valence-corrected chi connectivity index (χ0v) is 19.9. The fraction of sp³-hybridized carbons (Fsp3) is 0.600. The molecule has 1 aliphatic carbocycles. The smallest absolute Gasteiger partial charge is 0.168 e. The summed E-state index contributed by atoms with van der Waals surface area (Å²) >= 11 is 2.08. The van der Waals surface area contributed by atoms with Crippen LogP contribution in [0.2, 0.25) is 0 Å². The van der Waals surface area contributed by atoms with Crippen LogP contribution in [0.1, 0.15) is 77.2 Å². The highest BCUT2D eigenvalue weighted by atomic mass is 127. The summed E-state index contributed by atoms with van der Waals surface area (Å²) in [7, 11) is 0. The van der Waals surface area contributed by atoms with E-state index in [9.17, 15) is 8.78 Å². The van der Waals surface area contributed by atoms with Gasteiger partial charge in [-0.05, 0) is 76.8 Å². The largest absolute Gasteiger partial charge is 0.492 e. The second-order valence-corrected chi connectivity index (χ2v) is 9.63. The summed E-state index contributed by atoms with van der Waals surface area (Å²) in [6, 6.07) is 5.59. The van der Waals surface area contributed by atoms with E-state index in [4.69, 9.17) is 4.74 Å². The van der Waals surface area contributed by atoms with Crippen LogP contribution in [0.15, 0.2) is 18.2 Å². The summed E-state index contributed by atoms with van der Waals surface area (Å²) < 4.78 is 36.2. The van der Waals surface area contributed by atoms with E-state index in [1.165, 1.54) is 38.5 Å². The van der Waals surface area contributed by atoms with Gasteiger partial charge in [0.05, 0.1) is 10.2 Å². The molecule has 0 saturated heterocycles. The highest BCUT2D eigenvalue weighted by Gasteiger charge is 2.22. The molecule has 0 spiro atoms. The van der Waals surface area contributed by atoms with E-state index in [0.29, 0.717) is 39.2 Å². The Hall–Kier alpha value is -0.910. The zero-order chi connectivity index (χ0) is 20.8. The van der Waals surface area contributed by atoms with Crippen LogP contribution >= 0.6 is 22.6 Å².